The molecule has 2 aliphatic heterocycles. The summed E-state index contributed by atoms with van der Waals surface area (Å²) >= 11 is 5.92. The highest BCUT2D eigenvalue weighted by molar-refractivity contribution is 6.30. The first kappa shape index (κ1) is 16.7. The largest absolute Gasteiger partial charge is 0.381 e. The van der Waals surface area contributed by atoms with Crippen molar-refractivity contribution < 1.29 is 9.53 Å². The number of piperidine rings is 1. The van der Waals surface area contributed by atoms with Gasteiger partial charge >= 0.3 is 0 Å². The van der Waals surface area contributed by atoms with Crippen molar-refractivity contribution in [3.8, 4) is 0 Å². The summed E-state index contributed by atoms with van der Waals surface area (Å²) in [6, 6.07) is 8.38. The summed E-state index contributed by atoms with van der Waals surface area (Å²) in [6.45, 7) is 4.45. The number of likely N-dealkylation sites (tertiary alicyclic amines) is 1. The summed E-state index contributed by atoms with van der Waals surface area (Å²) in [5.74, 6) is 0.375. The lowest BCUT2D eigenvalue weighted by atomic mass is 9.97. The summed E-state index contributed by atoms with van der Waals surface area (Å²) in [7, 11) is 0. The van der Waals surface area contributed by atoms with E-state index < -0.39 is 0 Å². The number of nitrogens with one attached hydrogen (secondary N) is 1. The van der Waals surface area contributed by atoms with Gasteiger partial charge in [-0.15, -0.1) is 0 Å². The van der Waals surface area contributed by atoms with Gasteiger partial charge in [-0.05, 0) is 43.4 Å². The average molecular weight is 337 g/mol. The van der Waals surface area contributed by atoms with Crippen LogP contribution in [0.4, 0.5) is 0 Å². The van der Waals surface area contributed by atoms with E-state index in [1.165, 1.54) is 5.56 Å². The molecule has 2 aliphatic rings. The van der Waals surface area contributed by atoms with Gasteiger partial charge in [-0.25, -0.2) is 0 Å². The molecule has 1 aromatic rings. The second kappa shape index (κ2) is 8.13. The molecule has 0 radical (unpaired) electrons. The zero-order valence-corrected chi connectivity index (χ0v) is 14.2. The minimum Gasteiger partial charge on any atom is -0.381 e. The van der Waals surface area contributed by atoms with Gasteiger partial charge in [0.1, 0.15) is 0 Å². The maximum Gasteiger partial charge on any atom is 0.223 e. The lowest BCUT2D eigenvalue weighted by molar-refractivity contribution is -0.128. The number of rotatable bonds is 4. The molecule has 1 amide bonds. The fraction of sp³-hybridized carbons (Fsp3) is 0.611. The lowest BCUT2D eigenvalue weighted by Crippen LogP contribution is -2.46. The maximum atomic E-state index is 12.3. The first-order valence-electron chi connectivity index (χ1n) is 8.55. The molecule has 4 nitrogen and oxygen atoms in total. The molecule has 1 aromatic carbocycles. The standard InChI is InChI=1S/C18H25ClN2O2/c19-16-3-1-14(2-4-16)13-21-9-5-17(6-10-21)20-18(22)15-7-11-23-12-8-15/h1-4,15,17H,5-13H2,(H,20,22). The van der Waals surface area contributed by atoms with E-state index in [0.29, 0.717) is 6.04 Å². The fourth-order valence-corrected chi connectivity index (χ4v) is 3.49. The van der Waals surface area contributed by atoms with Crippen LogP contribution in [0.15, 0.2) is 24.3 Å². The zero-order valence-electron chi connectivity index (χ0n) is 13.5. The molecule has 0 aliphatic carbocycles. The van der Waals surface area contributed by atoms with E-state index in [1.807, 2.05) is 12.1 Å². The van der Waals surface area contributed by atoms with Crippen molar-refractivity contribution in [1.82, 2.24) is 10.2 Å². The number of nitrogens with zero attached hydrogens (tertiary/aromatic N) is 1. The number of hydrogen-bond donors (Lipinski definition) is 1. The maximum absolute atomic E-state index is 12.3. The molecule has 2 fully saturated rings. The van der Waals surface area contributed by atoms with Crippen LogP contribution in [0.5, 0.6) is 0 Å². The zero-order chi connectivity index (χ0) is 16.1. The molecular formula is C18H25ClN2O2. The van der Waals surface area contributed by atoms with Gasteiger partial charge < -0.3 is 10.1 Å². The van der Waals surface area contributed by atoms with Gasteiger partial charge in [0.15, 0.2) is 0 Å². The fourth-order valence-electron chi connectivity index (χ4n) is 3.36. The molecule has 23 heavy (non-hydrogen) atoms. The topological polar surface area (TPSA) is 41.6 Å². The molecule has 0 atom stereocenters. The summed E-state index contributed by atoms with van der Waals surface area (Å²) in [5.41, 5.74) is 1.29. The van der Waals surface area contributed by atoms with E-state index in [-0.39, 0.29) is 11.8 Å². The van der Waals surface area contributed by atoms with Gasteiger partial charge in [0, 0.05) is 49.8 Å². The van der Waals surface area contributed by atoms with Crippen LogP contribution in [0.1, 0.15) is 31.2 Å². The highest BCUT2D eigenvalue weighted by Crippen LogP contribution is 2.18. The second-order valence-electron chi connectivity index (χ2n) is 6.57. The van der Waals surface area contributed by atoms with Crippen molar-refractivity contribution >= 4 is 17.5 Å². The van der Waals surface area contributed by atoms with Crippen molar-refractivity contribution in [3.05, 3.63) is 34.9 Å². The molecule has 0 aromatic heterocycles. The predicted octanol–water partition coefficient (Wildman–Crippen LogP) is 2.85. The van der Waals surface area contributed by atoms with E-state index in [1.54, 1.807) is 0 Å². The Hall–Kier alpha value is -1.10. The van der Waals surface area contributed by atoms with Crippen LogP contribution in [-0.4, -0.2) is 43.2 Å². The van der Waals surface area contributed by atoms with Crippen molar-refractivity contribution in [1.29, 1.82) is 0 Å². The van der Waals surface area contributed by atoms with Gasteiger partial charge in [-0.1, -0.05) is 23.7 Å². The van der Waals surface area contributed by atoms with Crippen molar-refractivity contribution in [2.75, 3.05) is 26.3 Å². The lowest BCUT2D eigenvalue weighted by Gasteiger charge is -2.33. The first-order valence-corrected chi connectivity index (χ1v) is 8.93. The summed E-state index contributed by atoms with van der Waals surface area (Å²) in [4.78, 5) is 14.7. The Bertz CT molecular complexity index is 506. The molecule has 3 rings (SSSR count). The third kappa shape index (κ3) is 4.93. The van der Waals surface area contributed by atoms with Crippen LogP contribution < -0.4 is 5.32 Å². The molecule has 0 spiro atoms. The molecule has 5 heteroatoms. The number of carbonyl (C=O) groups is 1. The monoisotopic (exact) mass is 336 g/mol. The number of amides is 1. The summed E-state index contributed by atoms with van der Waals surface area (Å²) in [5, 5.41) is 4.02. The van der Waals surface area contributed by atoms with Gasteiger partial charge in [-0.3, -0.25) is 9.69 Å². The minimum absolute atomic E-state index is 0.149. The van der Waals surface area contributed by atoms with Gasteiger partial charge in [0.05, 0.1) is 0 Å². The Morgan fingerprint density at radius 2 is 1.78 bits per heavy atom. The smallest absolute Gasteiger partial charge is 0.223 e. The van der Waals surface area contributed by atoms with Crippen molar-refractivity contribution in [2.45, 2.75) is 38.3 Å². The van der Waals surface area contributed by atoms with Gasteiger partial charge in [0.25, 0.3) is 0 Å². The van der Waals surface area contributed by atoms with Crippen LogP contribution in [-0.2, 0) is 16.1 Å². The second-order valence-corrected chi connectivity index (χ2v) is 7.01. The van der Waals surface area contributed by atoms with Crippen LogP contribution >= 0.6 is 11.6 Å². The summed E-state index contributed by atoms with van der Waals surface area (Å²) < 4.78 is 5.32. The Balaban J connectivity index is 1.41. The normalized spacial score (nSPS) is 21.3. The SMILES string of the molecule is O=C(NC1CCN(Cc2ccc(Cl)cc2)CC1)C1CCOCC1. The predicted molar refractivity (Wildman–Crippen MR) is 91.4 cm³/mol. The van der Waals surface area contributed by atoms with E-state index in [2.05, 4.69) is 22.3 Å². The van der Waals surface area contributed by atoms with E-state index in [9.17, 15) is 4.79 Å². The number of carbonyl (C=O) groups excluding carboxylic acids is 1. The Kier molecular flexibility index (Phi) is 5.92. The number of halogens is 1. The van der Waals surface area contributed by atoms with Gasteiger partial charge in [0.2, 0.25) is 5.91 Å². The molecule has 0 bridgehead atoms. The first-order chi connectivity index (χ1) is 11.2. The van der Waals surface area contributed by atoms with Crippen molar-refractivity contribution in [3.63, 3.8) is 0 Å². The van der Waals surface area contributed by atoms with Gasteiger partial charge in [-0.2, -0.15) is 0 Å². The highest BCUT2D eigenvalue weighted by atomic mass is 35.5. The minimum atomic E-state index is 0.149. The molecule has 126 valence electrons. The van der Waals surface area contributed by atoms with E-state index in [4.69, 9.17) is 16.3 Å². The molecular weight excluding hydrogens is 312 g/mol. The third-order valence-electron chi connectivity index (χ3n) is 4.85. The van der Waals surface area contributed by atoms with Crippen LogP contribution in [0, 0.1) is 5.92 Å². The van der Waals surface area contributed by atoms with Crippen LogP contribution in [0.2, 0.25) is 5.02 Å². The molecule has 1 N–H and O–H groups in total. The third-order valence-corrected chi connectivity index (χ3v) is 5.10. The number of ether oxygens (including phenoxy) is 1. The van der Waals surface area contributed by atoms with Crippen LogP contribution in [0.3, 0.4) is 0 Å². The molecule has 0 unspecified atom stereocenters. The Labute approximate surface area is 143 Å². The van der Waals surface area contributed by atoms with Crippen LogP contribution in [0.25, 0.3) is 0 Å². The van der Waals surface area contributed by atoms with Crippen molar-refractivity contribution in [2.24, 2.45) is 5.92 Å². The molecule has 0 saturated carbocycles. The number of benzene rings is 1. The molecule has 2 heterocycles. The Morgan fingerprint density at radius 1 is 1.13 bits per heavy atom. The van der Waals surface area contributed by atoms with E-state index in [0.717, 1.165) is 63.6 Å². The summed E-state index contributed by atoms with van der Waals surface area (Å²) in [6.07, 6.45) is 3.79. The Morgan fingerprint density at radius 3 is 2.43 bits per heavy atom. The number of hydrogen-bond acceptors (Lipinski definition) is 3. The molecule has 2 saturated heterocycles. The quantitative estimate of drug-likeness (QED) is 0.919. The highest BCUT2D eigenvalue weighted by Gasteiger charge is 2.26. The average Bonchev–Trinajstić information content (AvgIpc) is 2.59. The van der Waals surface area contributed by atoms with E-state index >= 15 is 0 Å².